The van der Waals surface area contributed by atoms with Crippen LogP contribution in [0.5, 0.6) is 0 Å². The number of hydrogen-bond donors (Lipinski definition) is 17. The minimum atomic E-state index is -1.98. The number of thiazole rings is 1. The summed E-state index contributed by atoms with van der Waals surface area (Å²) in [6.45, 7) is 20.5. The second kappa shape index (κ2) is 56.9. The van der Waals surface area contributed by atoms with Crippen molar-refractivity contribution < 1.29 is 122 Å². The molecule has 0 spiro atoms. The van der Waals surface area contributed by atoms with E-state index >= 15 is 4.79 Å². The van der Waals surface area contributed by atoms with Gasteiger partial charge < -0.3 is 97.6 Å². The highest BCUT2D eigenvalue weighted by Crippen LogP contribution is 2.33. The number of esters is 1. The van der Waals surface area contributed by atoms with Crippen molar-refractivity contribution in [2.24, 2.45) is 17.8 Å². The van der Waals surface area contributed by atoms with Gasteiger partial charge in [0.05, 0.1) is 25.3 Å². The monoisotopic (exact) mass is 1770 g/mol. The molecule has 1 saturated heterocycles. The Morgan fingerprint density at radius 3 is 1.94 bits per heavy atom. The van der Waals surface area contributed by atoms with Crippen LogP contribution in [0, 0.1) is 17.8 Å². The van der Waals surface area contributed by atoms with E-state index in [0.717, 1.165) is 71.6 Å². The highest BCUT2D eigenvalue weighted by atomic mass is 33.1. The van der Waals surface area contributed by atoms with Crippen molar-refractivity contribution in [3.05, 3.63) is 87.6 Å². The number of aromatic nitrogens is 1. The third kappa shape index (κ3) is 41.8. The zero-order valence-corrected chi connectivity index (χ0v) is 73.2. The van der Waals surface area contributed by atoms with Crippen LogP contribution in [0.2, 0.25) is 0 Å². The van der Waals surface area contributed by atoms with Crippen molar-refractivity contribution in [3.8, 4) is 0 Å². The van der Waals surface area contributed by atoms with E-state index in [4.69, 9.17) is 19.3 Å². The number of piperidine rings is 1. The van der Waals surface area contributed by atoms with Crippen LogP contribution in [-0.4, -0.2) is 247 Å². The number of benzene rings is 1. The van der Waals surface area contributed by atoms with E-state index in [1.165, 1.54) is 43.5 Å². The van der Waals surface area contributed by atoms with E-state index in [-0.39, 0.29) is 110 Å². The molecule has 0 radical (unpaired) electrons. The summed E-state index contributed by atoms with van der Waals surface area (Å²) in [5.41, 5.74) is 6.02. The van der Waals surface area contributed by atoms with Crippen LogP contribution in [0.15, 0.2) is 65.8 Å². The number of carboxylic acids is 5. The SMILES string of the molecule is C=C/C(O)=C\C=C(/C)C[C@@H](CC(C)C(=O)NNC(=O)OCCSSC[C@H](NC(=O)[C@H](CC(=O)O)NC(=O)C(CC(=O)O)NC(=O)Cc1ccc(CNC(=O)NCCCC[C@@H](C)NC(=O)N[C@@H](CCC(=O)O)C(=O)O)cc1)C(=O)O)NC(=O)c1csc([C@@H](C[C@H](C(C)C)N(COCCCCC)C(=O)C(NC(=O)C2CCCCN2C)C(C)CC)OC(C)=O)n1. The Morgan fingerprint density at radius 2 is 1.34 bits per heavy atom. The van der Waals surface area contributed by atoms with Gasteiger partial charge in [-0.1, -0.05) is 131 Å². The van der Waals surface area contributed by atoms with Gasteiger partial charge in [-0.25, -0.2) is 34.4 Å². The molecule has 5 unspecified atom stereocenters. The zero-order valence-electron chi connectivity index (χ0n) is 70.7. The van der Waals surface area contributed by atoms with Gasteiger partial charge in [0.2, 0.25) is 35.4 Å². The highest BCUT2D eigenvalue weighted by Gasteiger charge is 2.40. The van der Waals surface area contributed by atoms with Gasteiger partial charge in [-0.05, 0) is 120 Å². The minimum absolute atomic E-state index is 0.0203. The smallest absolute Gasteiger partial charge is 0.426 e. The normalized spacial score (nSPS) is 15.6. The number of nitrogens with one attached hydrogen (secondary N) is 11. The molecule has 122 heavy (non-hydrogen) atoms. The number of allylic oxidation sites excluding steroid dienone is 3. The molecular formula is C80H122N14O25S3. The minimum Gasteiger partial charge on any atom is -0.508 e. The van der Waals surface area contributed by atoms with Gasteiger partial charge in [-0.3, -0.25) is 63.1 Å². The molecule has 42 heteroatoms. The maximum Gasteiger partial charge on any atom is 0.426 e. The fourth-order valence-corrected chi connectivity index (χ4v) is 15.3. The van der Waals surface area contributed by atoms with Gasteiger partial charge in [0, 0.05) is 80.4 Å². The number of aliphatic carboxylic acids is 5. The number of aliphatic hydroxyl groups excluding tert-OH is 1. The first kappa shape index (κ1) is 106. The first-order valence-electron chi connectivity index (χ1n) is 40.4. The second-order valence-electron chi connectivity index (χ2n) is 30.0. The number of nitrogens with zero attached hydrogens (tertiary/aromatic N) is 3. The maximum atomic E-state index is 15.1. The van der Waals surface area contributed by atoms with Crippen molar-refractivity contribution in [1.82, 2.24) is 73.5 Å². The van der Waals surface area contributed by atoms with Crippen molar-refractivity contribution in [3.63, 3.8) is 0 Å². The molecule has 39 nitrogen and oxygen atoms in total. The van der Waals surface area contributed by atoms with Crippen LogP contribution in [0.1, 0.15) is 204 Å². The number of carbonyl (C=O) groups excluding carboxylic acids is 11. The predicted molar refractivity (Wildman–Crippen MR) is 452 cm³/mol. The zero-order chi connectivity index (χ0) is 91.1. The second-order valence-corrected chi connectivity index (χ2v) is 33.5. The topological polar surface area (TPSA) is 574 Å². The summed E-state index contributed by atoms with van der Waals surface area (Å²) in [4.78, 5) is 214. The van der Waals surface area contributed by atoms with Gasteiger partial charge in [-0.2, -0.15) is 0 Å². The number of likely N-dealkylation sites (N-methyl/N-ethyl adjacent to an activating group) is 1. The number of aliphatic hydroxyl groups is 1. The number of ether oxygens (including phenoxy) is 3. The average Bonchev–Trinajstić information content (AvgIpc) is 1.35. The Hall–Kier alpha value is -10.6. The molecule has 17 N–H and O–H groups in total. The molecule has 0 bridgehead atoms. The van der Waals surface area contributed by atoms with Gasteiger partial charge in [0.25, 0.3) is 5.91 Å². The molecule has 0 aliphatic carbocycles. The molecule has 12 atom stereocenters. The van der Waals surface area contributed by atoms with Crippen molar-refractivity contribution in [2.75, 3.05) is 51.6 Å². The summed E-state index contributed by atoms with van der Waals surface area (Å²) in [5.74, 6) is -15.3. The highest BCUT2D eigenvalue weighted by molar-refractivity contribution is 8.76. The molecule has 1 aliphatic heterocycles. The number of carbonyl (C=O) groups is 16. The summed E-state index contributed by atoms with van der Waals surface area (Å²) < 4.78 is 17.3. The van der Waals surface area contributed by atoms with Gasteiger partial charge >= 0.3 is 54.0 Å². The summed E-state index contributed by atoms with van der Waals surface area (Å²) in [5, 5.41) is 82.0. The molecule has 2 aromatic rings. The van der Waals surface area contributed by atoms with E-state index in [2.05, 4.69) is 77.2 Å². The van der Waals surface area contributed by atoms with E-state index < -0.39 is 170 Å². The number of hydrogen-bond acceptors (Lipinski definition) is 25. The number of hydrazine groups is 1. The Morgan fingerprint density at radius 1 is 0.680 bits per heavy atom. The quantitative estimate of drug-likeness (QED) is 0.00676. The standard InChI is InChI=1S/C80H122N14O25S3/c1-12-15-20-33-117-45-94(75(109)68(48(7)13-2)90-73(108)61-22-17-19-32-93(61)11)62(46(4)5)41-63(119-51(10)95)74-88-59(43-120-74)72(107)84-54(36-47(6)23-28-55(96)14-3)37-49(8)69(104)91-92-80(116)118-34-35-121-122-44-60(77(112)113)87-71(106)58(40-67(102)103)86-70(105)57(39-66(100)101)85-64(97)38-52-24-26-53(27-25-52)42-82-78(114)81-31-18-16-21-50(9)83-79(115)89-56(76(110)111)29-30-65(98)99/h14,23-28,43,46,48-50,54,56-58,60-63,68,96H,3,12-13,15-22,29-42,44-45H2,1-2,4-11H3,(H,84,107)(H,85,97)(H,86,105)(H,87,106)(H,90,108)(H,91,104)(H,92,116)(H,98,99)(H,100,101)(H,102,103)(H,110,111)(H,112,113)(H2,81,82,114)(H2,83,89,115)/b47-23+,55-28+/t48?,49?,50-,54+,56+,57?,58+,60+,61?,62-,63-,68?/m1/s1. The Kier molecular flexibility index (Phi) is 49.2. The van der Waals surface area contributed by atoms with E-state index in [0.29, 0.717) is 55.4 Å². The van der Waals surface area contributed by atoms with Crippen LogP contribution in [0.25, 0.3) is 0 Å². The number of unbranched alkanes of at least 4 members (excludes halogenated alkanes) is 3. The Bertz CT molecular complexity index is 3890. The summed E-state index contributed by atoms with van der Waals surface area (Å²) in [6, 6.07) is -5.08. The van der Waals surface area contributed by atoms with Gasteiger partial charge in [0.15, 0.2) is 6.10 Å². The number of rotatable bonds is 57. The molecule has 1 aliphatic rings. The molecule has 12 amide bonds. The molecule has 1 aromatic heterocycles. The van der Waals surface area contributed by atoms with Crippen LogP contribution in [-0.2, 0) is 84.7 Å². The van der Waals surface area contributed by atoms with Crippen molar-refractivity contribution >= 4 is 128 Å². The number of carboxylic acid groups (broad SMARTS) is 5. The largest absolute Gasteiger partial charge is 0.508 e. The Labute approximate surface area is 721 Å². The van der Waals surface area contributed by atoms with Crippen LogP contribution in [0.3, 0.4) is 0 Å². The molecule has 3 rings (SSSR count). The van der Waals surface area contributed by atoms with Crippen molar-refractivity contribution in [1.29, 1.82) is 0 Å². The van der Waals surface area contributed by atoms with Crippen molar-refractivity contribution in [2.45, 2.75) is 245 Å². The van der Waals surface area contributed by atoms with Crippen LogP contribution in [0.4, 0.5) is 14.4 Å². The van der Waals surface area contributed by atoms with E-state index in [1.807, 2.05) is 39.6 Å². The molecule has 1 aromatic carbocycles. The van der Waals surface area contributed by atoms with Gasteiger partial charge in [0.1, 0.15) is 60.0 Å². The lowest BCUT2D eigenvalue weighted by Crippen LogP contribution is -2.59. The summed E-state index contributed by atoms with van der Waals surface area (Å²) >= 11 is 1.05. The lowest BCUT2D eigenvalue weighted by molar-refractivity contribution is -0.153. The van der Waals surface area contributed by atoms with Crippen LogP contribution >= 0.6 is 32.9 Å². The predicted octanol–water partition coefficient (Wildman–Crippen LogP) is 6.10. The maximum absolute atomic E-state index is 15.1. The third-order valence-electron chi connectivity index (χ3n) is 19.4. The number of urea groups is 2. The van der Waals surface area contributed by atoms with Gasteiger partial charge in [-0.15, -0.1) is 11.3 Å². The molecule has 2 heterocycles. The Balaban J connectivity index is 1.59. The summed E-state index contributed by atoms with van der Waals surface area (Å²) in [6.07, 6.45) is 6.18. The summed E-state index contributed by atoms with van der Waals surface area (Å²) in [7, 11) is 3.77. The van der Waals surface area contributed by atoms with E-state index in [1.54, 1.807) is 37.0 Å². The fraction of sp³-hybridized carbons (Fsp3) is 0.613. The first-order chi connectivity index (χ1) is 57.7. The lowest BCUT2D eigenvalue weighted by atomic mass is 9.92. The van der Waals surface area contributed by atoms with Crippen LogP contribution < -0.4 is 58.7 Å². The molecular weight excluding hydrogens is 1650 g/mol. The number of amides is 12. The number of likely N-dealkylation sites (tertiary alicyclic amines) is 1. The lowest BCUT2D eigenvalue weighted by Gasteiger charge is -2.40. The molecule has 1 fully saturated rings. The average molecular weight is 1780 g/mol. The third-order valence-corrected chi connectivity index (χ3v) is 22.8. The molecule has 680 valence electrons. The molecule has 0 saturated carbocycles. The first-order valence-corrected chi connectivity index (χ1v) is 43.8. The fourth-order valence-electron chi connectivity index (χ4n) is 12.5. The van der Waals surface area contributed by atoms with E-state index in [9.17, 15) is 97.5 Å².